The number of nitrogens with zero attached hydrogens (tertiary/aromatic N) is 2. The molecule has 26 heavy (non-hydrogen) atoms. The van der Waals surface area contributed by atoms with Crippen molar-refractivity contribution in [1.29, 1.82) is 0 Å². The molecule has 0 saturated carbocycles. The second-order valence-electron chi connectivity index (χ2n) is 5.90. The van der Waals surface area contributed by atoms with Crippen LogP contribution < -0.4 is 10.2 Å². The number of aryl methyl sites for hydroxylation is 1. The van der Waals surface area contributed by atoms with E-state index in [2.05, 4.69) is 41.5 Å². The summed E-state index contributed by atoms with van der Waals surface area (Å²) in [6.07, 6.45) is 3.94. The van der Waals surface area contributed by atoms with Crippen molar-refractivity contribution in [2.75, 3.05) is 12.0 Å². The standard InChI is InChI=1S/C21H23N3OS/c1-3-4-14-25-19-13-9-8-12-18(19)15-22-24-21-23-20(16(2)26-21)17-10-6-5-7-11-17/h5-13,15H,3-4,14H2,1-2H3,(H,23,24)/b22-15+. The first-order valence-electron chi connectivity index (χ1n) is 8.81. The molecule has 0 radical (unpaired) electrons. The maximum absolute atomic E-state index is 5.83. The largest absolute Gasteiger partial charge is 0.493 e. The highest BCUT2D eigenvalue weighted by molar-refractivity contribution is 7.15. The minimum Gasteiger partial charge on any atom is -0.493 e. The van der Waals surface area contributed by atoms with E-state index in [1.807, 2.05) is 42.5 Å². The van der Waals surface area contributed by atoms with Crippen LogP contribution in [0.5, 0.6) is 5.75 Å². The quantitative estimate of drug-likeness (QED) is 0.314. The molecule has 0 spiro atoms. The number of thiazole rings is 1. The van der Waals surface area contributed by atoms with Gasteiger partial charge in [0.05, 0.1) is 18.5 Å². The molecule has 1 N–H and O–H groups in total. The number of hydrogen-bond acceptors (Lipinski definition) is 5. The Hall–Kier alpha value is -2.66. The van der Waals surface area contributed by atoms with Crippen LogP contribution in [0, 0.1) is 6.92 Å². The van der Waals surface area contributed by atoms with Crippen LogP contribution >= 0.6 is 11.3 Å². The van der Waals surface area contributed by atoms with Crippen molar-refractivity contribution < 1.29 is 4.74 Å². The Labute approximate surface area is 158 Å². The molecular weight excluding hydrogens is 342 g/mol. The number of hydrazone groups is 1. The van der Waals surface area contributed by atoms with Crippen LogP contribution in [0.25, 0.3) is 11.3 Å². The number of nitrogens with one attached hydrogen (secondary N) is 1. The van der Waals surface area contributed by atoms with Gasteiger partial charge in [-0.05, 0) is 25.5 Å². The SMILES string of the molecule is CCCCOc1ccccc1/C=N/Nc1nc(-c2ccccc2)c(C)s1. The Morgan fingerprint density at radius 1 is 1.12 bits per heavy atom. The molecule has 3 aromatic rings. The van der Waals surface area contributed by atoms with Gasteiger partial charge in [-0.2, -0.15) is 5.10 Å². The van der Waals surface area contributed by atoms with Crippen molar-refractivity contribution in [2.24, 2.45) is 5.10 Å². The Kier molecular flexibility index (Phi) is 6.39. The third kappa shape index (κ3) is 4.70. The van der Waals surface area contributed by atoms with E-state index in [-0.39, 0.29) is 0 Å². The van der Waals surface area contributed by atoms with Crippen LogP contribution in [0.4, 0.5) is 5.13 Å². The Morgan fingerprint density at radius 2 is 1.88 bits per heavy atom. The van der Waals surface area contributed by atoms with Crippen molar-refractivity contribution in [2.45, 2.75) is 26.7 Å². The molecule has 0 unspecified atom stereocenters. The number of hydrogen-bond donors (Lipinski definition) is 1. The summed E-state index contributed by atoms with van der Waals surface area (Å²) in [5.41, 5.74) is 6.11. The molecule has 0 atom stereocenters. The Bertz CT molecular complexity index is 859. The minimum atomic E-state index is 0.723. The summed E-state index contributed by atoms with van der Waals surface area (Å²) in [7, 11) is 0. The van der Waals surface area contributed by atoms with Gasteiger partial charge in [-0.25, -0.2) is 4.98 Å². The molecule has 3 rings (SSSR count). The summed E-state index contributed by atoms with van der Waals surface area (Å²) in [6.45, 7) is 4.95. The zero-order chi connectivity index (χ0) is 18.2. The van der Waals surface area contributed by atoms with Gasteiger partial charge in [-0.3, -0.25) is 5.43 Å². The number of rotatable bonds is 8. The normalized spacial score (nSPS) is 11.0. The van der Waals surface area contributed by atoms with Crippen molar-refractivity contribution in [3.8, 4) is 17.0 Å². The topological polar surface area (TPSA) is 46.5 Å². The number of unbranched alkanes of at least 4 members (excludes halogenated alkanes) is 1. The Morgan fingerprint density at radius 3 is 2.69 bits per heavy atom. The molecular formula is C21H23N3OS. The van der Waals surface area contributed by atoms with Gasteiger partial charge in [-0.15, -0.1) is 11.3 Å². The van der Waals surface area contributed by atoms with Crippen molar-refractivity contribution >= 4 is 22.7 Å². The fourth-order valence-electron chi connectivity index (χ4n) is 2.51. The molecule has 1 heterocycles. The van der Waals surface area contributed by atoms with Gasteiger partial charge in [0.1, 0.15) is 5.75 Å². The van der Waals surface area contributed by atoms with Gasteiger partial charge in [-0.1, -0.05) is 55.8 Å². The molecule has 134 valence electrons. The fourth-order valence-corrected chi connectivity index (χ4v) is 3.30. The van der Waals surface area contributed by atoms with Gasteiger partial charge in [0.2, 0.25) is 5.13 Å². The molecule has 0 fully saturated rings. The summed E-state index contributed by atoms with van der Waals surface area (Å²) in [6, 6.07) is 18.1. The lowest BCUT2D eigenvalue weighted by Crippen LogP contribution is -2.00. The zero-order valence-corrected chi connectivity index (χ0v) is 15.9. The molecule has 2 aromatic carbocycles. The first kappa shape index (κ1) is 18.1. The Balaban J connectivity index is 1.68. The molecule has 0 aliphatic rings. The molecule has 0 bridgehead atoms. The number of para-hydroxylation sites is 1. The average molecular weight is 366 g/mol. The van der Waals surface area contributed by atoms with Crippen LogP contribution in [0.15, 0.2) is 59.7 Å². The second-order valence-corrected chi connectivity index (χ2v) is 7.10. The van der Waals surface area contributed by atoms with Gasteiger partial charge in [0, 0.05) is 16.0 Å². The fraction of sp³-hybridized carbons (Fsp3) is 0.238. The molecule has 0 saturated heterocycles. The molecule has 4 nitrogen and oxygen atoms in total. The predicted octanol–water partition coefficient (Wildman–Crippen LogP) is 5.74. The number of aromatic nitrogens is 1. The van der Waals surface area contributed by atoms with E-state index in [1.54, 1.807) is 17.6 Å². The summed E-state index contributed by atoms with van der Waals surface area (Å²) >= 11 is 1.60. The highest BCUT2D eigenvalue weighted by Gasteiger charge is 2.09. The van der Waals surface area contributed by atoms with E-state index < -0.39 is 0 Å². The lowest BCUT2D eigenvalue weighted by molar-refractivity contribution is 0.309. The summed E-state index contributed by atoms with van der Waals surface area (Å²) < 4.78 is 5.83. The van der Waals surface area contributed by atoms with E-state index >= 15 is 0 Å². The molecule has 5 heteroatoms. The average Bonchev–Trinajstić information content (AvgIpc) is 3.04. The van der Waals surface area contributed by atoms with Crippen LogP contribution in [0.2, 0.25) is 0 Å². The molecule has 0 aliphatic carbocycles. The maximum Gasteiger partial charge on any atom is 0.204 e. The monoisotopic (exact) mass is 365 g/mol. The lowest BCUT2D eigenvalue weighted by atomic mass is 10.1. The minimum absolute atomic E-state index is 0.723. The third-order valence-corrected chi connectivity index (χ3v) is 4.76. The second kappa shape index (κ2) is 9.15. The van der Waals surface area contributed by atoms with Crippen LogP contribution in [0.3, 0.4) is 0 Å². The van der Waals surface area contributed by atoms with Crippen LogP contribution in [-0.2, 0) is 0 Å². The van der Waals surface area contributed by atoms with Crippen molar-refractivity contribution in [3.63, 3.8) is 0 Å². The first-order chi connectivity index (χ1) is 12.8. The zero-order valence-electron chi connectivity index (χ0n) is 15.1. The van der Waals surface area contributed by atoms with E-state index in [9.17, 15) is 0 Å². The van der Waals surface area contributed by atoms with Gasteiger partial charge in [0.15, 0.2) is 0 Å². The summed E-state index contributed by atoms with van der Waals surface area (Å²) in [4.78, 5) is 5.82. The third-order valence-electron chi connectivity index (χ3n) is 3.88. The van der Waals surface area contributed by atoms with Crippen LogP contribution in [0.1, 0.15) is 30.2 Å². The van der Waals surface area contributed by atoms with Gasteiger partial charge in [0.25, 0.3) is 0 Å². The van der Waals surface area contributed by atoms with E-state index in [4.69, 9.17) is 4.74 Å². The van der Waals surface area contributed by atoms with E-state index in [0.717, 1.165) is 52.0 Å². The number of anilines is 1. The summed E-state index contributed by atoms with van der Waals surface area (Å²) in [5.74, 6) is 0.854. The lowest BCUT2D eigenvalue weighted by Gasteiger charge is -2.07. The first-order valence-corrected chi connectivity index (χ1v) is 9.63. The predicted molar refractivity (Wildman–Crippen MR) is 110 cm³/mol. The highest BCUT2D eigenvalue weighted by atomic mass is 32.1. The van der Waals surface area contributed by atoms with Gasteiger partial charge >= 0.3 is 0 Å². The molecule has 0 aliphatic heterocycles. The highest BCUT2D eigenvalue weighted by Crippen LogP contribution is 2.30. The van der Waals surface area contributed by atoms with Crippen molar-refractivity contribution in [3.05, 3.63) is 65.0 Å². The molecule has 0 amide bonds. The van der Waals surface area contributed by atoms with Crippen LogP contribution in [-0.4, -0.2) is 17.8 Å². The molecule has 1 aromatic heterocycles. The van der Waals surface area contributed by atoms with Gasteiger partial charge < -0.3 is 4.74 Å². The number of benzene rings is 2. The smallest absolute Gasteiger partial charge is 0.204 e. The maximum atomic E-state index is 5.83. The van der Waals surface area contributed by atoms with E-state index in [0.29, 0.717) is 0 Å². The van der Waals surface area contributed by atoms with Crippen molar-refractivity contribution in [1.82, 2.24) is 4.98 Å². The number of ether oxygens (including phenoxy) is 1. The van der Waals surface area contributed by atoms with E-state index in [1.165, 1.54) is 0 Å². The summed E-state index contributed by atoms with van der Waals surface area (Å²) in [5, 5.41) is 5.12.